The molecule has 2 aromatic rings. The maximum atomic E-state index is 12.5. The normalized spacial score (nSPS) is 13.6. The monoisotopic (exact) mass is 385 g/mol. The molecule has 0 fully saturated rings. The fourth-order valence-corrected chi connectivity index (χ4v) is 2.83. The van der Waals surface area contributed by atoms with E-state index in [1.807, 2.05) is 0 Å². The van der Waals surface area contributed by atoms with E-state index in [-0.39, 0.29) is 60.2 Å². The highest BCUT2D eigenvalue weighted by Crippen LogP contribution is 2.29. The summed E-state index contributed by atoms with van der Waals surface area (Å²) in [4.78, 5) is 48.7. The van der Waals surface area contributed by atoms with Crippen molar-refractivity contribution in [3.63, 3.8) is 0 Å². The summed E-state index contributed by atoms with van der Waals surface area (Å²) in [6, 6.07) is 6.79. The number of carbonyl (C=O) groups excluding carboxylic acids is 4. The maximum absolute atomic E-state index is 12.5. The molecule has 28 heavy (non-hydrogen) atoms. The highest BCUT2D eigenvalue weighted by molar-refractivity contribution is 6.27. The Labute approximate surface area is 160 Å². The molecule has 1 aliphatic rings. The fraction of sp³-hybridized carbons (Fsp3) is 0.300. The molecule has 1 aliphatic carbocycles. The van der Waals surface area contributed by atoms with E-state index in [0.29, 0.717) is 0 Å². The van der Waals surface area contributed by atoms with Gasteiger partial charge >= 0.3 is 5.97 Å². The summed E-state index contributed by atoms with van der Waals surface area (Å²) in [5.41, 5.74) is 6.21. The first-order valence-electron chi connectivity index (χ1n) is 8.79. The van der Waals surface area contributed by atoms with Crippen LogP contribution in [0.15, 0.2) is 34.7 Å². The number of hydrogen-bond acceptors (Lipinski definition) is 8. The third-order valence-electron chi connectivity index (χ3n) is 4.23. The molecule has 1 heterocycles. The lowest BCUT2D eigenvalue weighted by Crippen LogP contribution is -2.36. The molecular formula is C20H19NO7. The molecular weight excluding hydrogens is 366 g/mol. The molecule has 0 aliphatic heterocycles. The molecule has 8 nitrogen and oxygen atoms in total. The van der Waals surface area contributed by atoms with Crippen LogP contribution in [0.25, 0.3) is 0 Å². The molecule has 1 aromatic carbocycles. The van der Waals surface area contributed by atoms with Crippen LogP contribution >= 0.6 is 0 Å². The van der Waals surface area contributed by atoms with Crippen molar-refractivity contribution in [1.82, 2.24) is 0 Å². The van der Waals surface area contributed by atoms with Crippen molar-refractivity contribution >= 4 is 23.3 Å². The van der Waals surface area contributed by atoms with Crippen LogP contribution in [0.3, 0.4) is 0 Å². The third-order valence-corrected chi connectivity index (χ3v) is 4.23. The Bertz CT molecular complexity index is 891. The zero-order valence-corrected chi connectivity index (χ0v) is 15.2. The second kappa shape index (κ2) is 8.28. The van der Waals surface area contributed by atoms with Gasteiger partial charge < -0.3 is 19.6 Å². The lowest BCUT2D eigenvalue weighted by Gasteiger charge is -2.11. The smallest absolute Gasteiger partial charge is 0.325 e. The predicted octanol–water partition coefficient (Wildman–Crippen LogP) is 1.53. The first-order valence-corrected chi connectivity index (χ1v) is 8.79. The van der Waals surface area contributed by atoms with E-state index in [0.717, 1.165) is 0 Å². The summed E-state index contributed by atoms with van der Waals surface area (Å²) >= 11 is 0. The van der Waals surface area contributed by atoms with Gasteiger partial charge in [0.2, 0.25) is 5.78 Å². The maximum Gasteiger partial charge on any atom is 0.325 e. The largest absolute Gasteiger partial charge is 0.465 e. The molecule has 1 atom stereocenters. The molecule has 8 heteroatoms. The fourth-order valence-electron chi connectivity index (χ4n) is 2.83. The molecule has 146 valence electrons. The topological polar surface area (TPSA) is 126 Å². The number of Topliss-reactive ketones (excluding diaryl/α,β-unsaturated/α-hetero) is 1. The lowest BCUT2D eigenvalue weighted by molar-refractivity contribution is -0.146. The number of hydrogen-bond donors (Lipinski definition) is 1. The van der Waals surface area contributed by atoms with Crippen LogP contribution in [0.4, 0.5) is 0 Å². The number of carbonyl (C=O) groups is 4. The number of esters is 1. The summed E-state index contributed by atoms with van der Waals surface area (Å²) in [6.45, 7) is 1.79. The van der Waals surface area contributed by atoms with Crippen LogP contribution in [0.2, 0.25) is 0 Å². The van der Waals surface area contributed by atoms with Crippen molar-refractivity contribution in [2.75, 3.05) is 19.8 Å². The molecule has 2 N–H and O–H groups in total. The van der Waals surface area contributed by atoms with Crippen molar-refractivity contribution in [1.29, 1.82) is 0 Å². The summed E-state index contributed by atoms with van der Waals surface area (Å²) in [6.07, 6.45) is -0.0583. The van der Waals surface area contributed by atoms with Gasteiger partial charge in [-0.05, 0) is 13.0 Å². The minimum absolute atomic E-state index is 0.000572. The standard InChI is InChI=1S/C20H19NO7/c1-2-27-20(25)14(21)10-26-8-7-15(22)16-9-13-17(23)11-5-3-4-6-12(11)18(24)19(13)28-16/h3-6,9,14H,2,7-8,10,21H2,1H3/t14-/m0/s1. The van der Waals surface area contributed by atoms with Gasteiger partial charge in [-0.25, -0.2) is 0 Å². The molecule has 0 unspecified atom stereocenters. The number of ketones is 3. The molecule has 0 saturated heterocycles. The van der Waals surface area contributed by atoms with Crippen molar-refractivity contribution in [2.24, 2.45) is 5.73 Å². The van der Waals surface area contributed by atoms with E-state index in [4.69, 9.17) is 19.6 Å². The Morgan fingerprint density at radius 1 is 1.11 bits per heavy atom. The van der Waals surface area contributed by atoms with Gasteiger partial charge in [0.05, 0.1) is 25.4 Å². The predicted molar refractivity (Wildman–Crippen MR) is 96.4 cm³/mol. The zero-order valence-electron chi connectivity index (χ0n) is 15.2. The van der Waals surface area contributed by atoms with E-state index in [1.165, 1.54) is 6.07 Å². The van der Waals surface area contributed by atoms with Gasteiger partial charge in [-0.15, -0.1) is 0 Å². The average molecular weight is 385 g/mol. The van der Waals surface area contributed by atoms with Crippen LogP contribution in [0.1, 0.15) is 55.9 Å². The van der Waals surface area contributed by atoms with Crippen molar-refractivity contribution < 1.29 is 33.1 Å². The number of benzene rings is 1. The Morgan fingerprint density at radius 3 is 2.46 bits per heavy atom. The molecule has 0 amide bonds. The average Bonchev–Trinajstić information content (AvgIpc) is 3.15. The Kier molecular flexibility index (Phi) is 5.81. The van der Waals surface area contributed by atoms with Crippen LogP contribution < -0.4 is 5.73 Å². The number of furan rings is 1. The van der Waals surface area contributed by atoms with Gasteiger partial charge in [0.1, 0.15) is 6.04 Å². The van der Waals surface area contributed by atoms with Crippen molar-refractivity contribution in [3.05, 3.63) is 58.5 Å². The molecule has 1 aromatic heterocycles. The van der Waals surface area contributed by atoms with Gasteiger partial charge in [0, 0.05) is 17.5 Å². The Balaban J connectivity index is 1.62. The molecule has 3 rings (SSSR count). The molecule has 0 radical (unpaired) electrons. The van der Waals surface area contributed by atoms with Gasteiger partial charge in [-0.1, -0.05) is 24.3 Å². The van der Waals surface area contributed by atoms with Crippen molar-refractivity contribution in [3.8, 4) is 0 Å². The van der Waals surface area contributed by atoms with Gasteiger partial charge in [-0.3, -0.25) is 19.2 Å². The quantitative estimate of drug-likeness (QED) is 0.351. The number of rotatable bonds is 8. The van der Waals surface area contributed by atoms with E-state index < -0.39 is 23.6 Å². The zero-order chi connectivity index (χ0) is 20.3. The Morgan fingerprint density at radius 2 is 1.79 bits per heavy atom. The van der Waals surface area contributed by atoms with Crippen LogP contribution in [-0.4, -0.2) is 49.2 Å². The first-order chi connectivity index (χ1) is 13.4. The highest BCUT2D eigenvalue weighted by atomic mass is 16.5. The molecule has 0 saturated carbocycles. The molecule has 0 spiro atoms. The SMILES string of the molecule is CCOC(=O)[C@@H](N)COCCC(=O)c1cc2c(o1)C(=O)c1ccccc1C2=O. The highest BCUT2D eigenvalue weighted by Gasteiger charge is 2.34. The van der Waals surface area contributed by atoms with E-state index in [2.05, 4.69) is 0 Å². The second-order valence-electron chi connectivity index (χ2n) is 6.16. The third kappa shape index (κ3) is 3.78. The summed E-state index contributed by atoms with van der Waals surface area (Å²) in [7, 11) is 0. The number of nitrogens with two attached hydrogens (primary N) is 1. The van der Waals surface area contributed by atoms with Crippen LogP contribution in [-0.2, 0) is 14.3 Å². The first kappa shape index (κ1) is 19.7. The lowest BCUT2D eigenvalue weighted by atomic mass is 9.88. The Hall–Kier alpha value is -3.10. The minimum Gasteiger partial charge on any atom is -0.465 e. The summed E-state index contributed by atoms with van der Waals surface area (Å²) in [5, 5.41) is 0. The number of ether oxygens (including phenoxy) is 2. The van der Waals surface area contributed by atoms with E-state index in [9.17, 15) is 19.2 Å². The van der Waals surface area contributed by atoms with Crippen LogP contribution in [0.5, 0.6) is 0 Å². The van der Waals surface area contributed by atoms with E-state index in [1.54, 1.807) is 31.2 Å². The van der Waals surface area contributed by atoms with Gasteiger partial charge in [-0.2, -0.15) is 0 Å². The van der Waals surface area contributed by atoms with E-state index >= 15 is 0 Å². The van der Waals surface area contributed by atoms with Crippen LogP contribution in [0, 0.1) is 0 Å². The number of fused-ring (bicyclic) bond motifs is 2. The summed E-state index contributed by atoms with van der Waals surface area (Å²) in [5.74, 6) is -2.01. The second-order valence-corrected chi connectivity index (χ2v) is 6.16. The van der Waals surface area contributed by atoms with Gasteiger partial charge in [0.25, 0.3) is 0 Å². The van der Waals surface area contributed by atoms with Gasteiger partial charge in [0.15, 0.2) is 23.1 Å². The summed E-state index contributed by atoms with van der Waals surface area (Å²) < 4.78 is 15.4. The molecule has 0 bridgehead atoms. The van der Waals surface area contributed by atoms with Crippen molar-refractivity contribution in [2.45, 2.75) is 19.4 Å². The minimum atomic E-state index is -0.931.